The minimum absolute atomic E-state index is 0.0344. The van der Waals surface area contributed by atoms with Crippen molar-refractivity contribution in [1.82, 2.24) is 0 Å². The number of benzene rings is 1. The number of nitrogens with zero attached hydrogens (tertiary/aromatic N) is 1. The van der Waals surface area contributed by atoms with Crippen LogP contribution >= 0.6 is 0 Å². The molecule has 6 heteroatoms. The summed E-state index contributed by atoms with van der Waals surface area (Å²) in [5.41, 5.74) is 7.96. The summed E-state index contributed by atoms with van der Waals surface area (Å²) in [6, 6.07) is 3.58. The highest BCUT2D eigenvalue weighted by Crippen LogP contribution is 2.28. The molecule has 17 heavy (non-hydrogen) atoms. The van der Waals surface area contributed by atoms with Crippen LogP contribution in [0.3, 0.4) is 0 Å². The molecule has 2 N–H and O–H groups in total. The van der Waals surface area contributed by atoms with Gasteiger partial charge < -0.3 is 10.5 Å². The Morgan fingerprint density at radius 1 is 1.47 bits per heavy atom. The van der Waals surface area contributed by atoms with E-state index in [0.717, 1.165) is 12.0 Å². The molecule has 1 aromatic carbocycles. The highest BCUT2D eigenvalue weighted by atomic mass is 32.2. The van der Waals surface area contributed by atoms with Gasteiger partial charge in [-0.1, -0.05) is 13.0 Å². The number of sulfonamides is 1. The molecule has 0 aliphatic carbocycles. The first-order chi connectivity index (χ1) is 7.96. The fourth-order valence-electron chi connectivity index (χ4n) is 1.93. The number of aryl methyl sites for hydroxylation is 1. The van der Waals surface area contributed by atoms with E-state index in [4.69, 9.17) is 10.5 Å². The van der Waals surface area contributed by atoms with E-state index in [1.54, 1.807) is 13.2 Å². The van der Waals surface area contributed by atoms with Crippen LogP contribution in [0, 0.1) is 0 Å². The van der Waals surface area contributed by atoms with Gasteiger partial charge in [0.1, 0.15) is 11.6 Å². The van der Waals surface area contributed by atoms with Crippen molar-refractivity contribution in [2.45, 2.75) is 19.1 Å². The van der Waals surface area contributed by atoms with E-state index in [1.807, 2.05) is 13.0 Å². The maximum absolute atomic E-state index is 11.5. The molecule has 1 heterocycles. The second-order valence-electron chi connectivity index (χ2n) is 3.88. The lowest BCUT2D eigenvalue weighted by Gasteiger charge is -2.17. The van der Waals surface area contributed by atoms with Gasteiger partial charge >= 0.3 is 0 Å². The average Bonchev–Trinajstić information content (AvgIpc) is 2.26. The van der Waals surface area contributed by atoms with Crippen molar-refractivity contribution in [3.8, 4) is 5.75 Å². The van der Waals surface area contributed by atoms with Crippen LogP contribution in [0.15, 0.2) is 16.5 Å². The third kappa shape index (κ3) is 2.12. The maximum Gasteiger partial charge on any atom is 0.259 e. The van der Waals surface area contributed by atoms with E-state index in [9.17, 15) is 8.42 Å². The molecule has 0 unspecified atom stereocenters. The Morgan fingerprint density at radius 2 is 2.18 bits per heavy atom. The van der Waals surface area contributed by atoms with Gasteiger partial charge in [0.15, 0.2) is 0 Å². The summed E-state index contributed by atoms with van der Waals surface area (Å²) in [5.74, 6) is 0.649. The summed E-state index contributed by atoms with van der Waals surface area (Å²) in [5, 5.41) is 0. The third-order valence-electron chi connectivity index (χ3n) is 2.74. The zero-order valence-electron chi connectivity index (χ0n) is 9.73. The van der Waals surface area contributed by atoms with Gasteiger partial charge in [0.25, 0.3) is 10.0 Å². The lowest BCUT2D eigenvalue weighted by molar-refractivity contribution is 0.410. The Kier molecular flexibility index (Phi) is 2.82. The van der Waals surface area contributed by atoms with Gasteiger partial charge in [-0.3, -0.25) is 0 Å². The lowest BCUT2D eigenvalue weighted by atomic mass is 10.0. The number of amidine groups is 1. The van der Waals surface area contributed by atoms with Crippen molar-refractivity contribution in [2.75, 3.05) is 7.11 Å². The normalized spacial score (nSPS) is 17.2. The van der Waals surface area contributed by atoms with Gasteiger partial charge in [0.2, 0.25) is 0 Å². The number of methoxy groups -OCH3 is 1. The van der Waals surface area contributed by atoms with Gasteiger partial charge in [-0.15, -0.1) is 4.40 Å². The smallest absolute Gasteiger partial charge is 0.259 e. The zero-order valence-corrected chi connectivity index (χ0v) is 10.5. The molecule has 0 spiro atoms. The first-order valence-electron chi connectivity index (χ1n) is 5.25. The van der Waals surface area contributed by atoms with Crippen molar-refractivity contribution in [2.24, 2.45) is 10.1 Å². The molecule has 92 valence electrons. The number of hydrogen-bond acceptors (Lipinski definition) is 4. The average molecular weight is 254 g/mol. The fraction of sp³-hybridized carbons (Fsp3) is 0.364. The van der Waals surface area contributed by atoms with E-state index >= 15 is 0 Å². The Labute approximate surface area is 100 Å². The van der Waals surface area contributed by atoms with Gasteiger partial charge in [-0.05, 0) is 23.6 Å². The van der Waals surface area contributed by atoms with Crippen LogP contribution in [0.25, 0.3) is 0 Å². The standard InChI is InChI=1S/C11H14N2O3S/c1-3-7-4-8-6-17(14,15)13-11(12)9(8)5-10(7)16-2/h4-5H,3,6H2,1-2H3,(H2,12,13). The Hall–Kier alpha value is -1.56. The summed E-state index contributed by atoms with van der Waals surface area (Å²) in [6.45, 7) is 1.99. The third-order valence-corrected chi connectivity index (χ3v) is 3.89. The van der Waals surface area contributed by atoms with Crippen molar-refractivity contribution < 1.29 is 13.2 Å². The summed E-state index contributed by atoms with van der Waals surface area (Å²) < 4.78 is 31.7. The molecule has 2 rings (SSSR count). The van der Waals surface area contributed by atoms with Crippen LogP contribution in [-0.4, -0.2) is 21.4 Å². The minimum Gasteiger partial charge on any atom is -0.496 e. The number of rotatable bonds is 2. The molecule has 0 amide bonds. The molecule has 0 bridgehead atoms. The number of nitrogens with two attached hydrogens (primary N) is 1. The first kappa shape index (κ1) is 11.9. The molecule has 0 aromatic heterocycles. The highest BCUT2D eigenvalue weighted by Gasteiger charge is 2.23. The molecular weight excluding hydrogens is 240 g/mol. The van der Waals surface area contributed by atoms with Crippen molar-refractivity contribution in [1.29, 1.82) is 0 Å². The largest absolute Gasteiger partial charge is 0.496 e. The molecule has 0 radical (unpaired) electrons. The summed E-state index contributed by atoms with van der Waals surface area (Å²) in [6.07, 6.45) is 0.771. The predicted molar refractivity (Wildman–Crippen MR) is 65.7 cm³/mol. The van der Waals surface area contributed by atoms with Crippen LogP contribution in [0.2, 0.25) is 0 Å². The van der Waals surface area contributed by atoms with Crippen LogP contribution in [0.4, 0.5) is 0 Å². The quantitative estimate of drug-likeness (QED) is 0.846. The van der Waals surface area contributed by atoms with Crippen LogP contribution in [0.5, 0.6) is 5.75 Å². The maximum atomic E-state index is 11.5. The Bertz CT molecular complexity index is 591. The number of ether oxygens (including phenoxy) is 1. The number of fused-ring (bicyclic) bond motifs is 1. The molecular formula is C11H14N2O3S. The molecule has 0 saturated heterocycles. The molecule has 0 fully saturated rings. The molecule has 5 nitrogen and oxygen atoms in total. The predicted octanol–water partition coefficient (Wildman–Crippen LogP) is 0.806. The van der Waals surface area contributed by atoms with Crippen LogP contribution in [0.1, 0.15) is 23.6 Å². The van der Waals surface area contributed by atoms with Crippen LogP contribution < -0.4 is 10.5 Å². The summed E-state index contributed by atoms with van der Waals surface area (Å²) >= 11 is 0. The lowest BCUT2D eigenvalue weighted by Crippen LogP contribution is -2.24. The second-order valence-corrected chi connectivity index (χ2v) is 5.51. The zero-order chi connectivity index (χ0) is 12.6. The van der Waals surface area contributed by atoms with Crippen LogP contribution in [-0.2, 0) is 22.2 Å². The van der Waals surface area contributed by atoms with Gasteiger partial charge in [-0.2, -0.15) is 0 Å². The minimum atomic E-state index is -3.47. The molecule has 1 aliphatic rings. The summed E-state index contributed by atoms with van der Waals surface area (Å²) in [7, 11) is -1.89. The first-order valence-corrected chi connectivity index (χ1v) is 6.86. The Morgan fingerprint density at radius 3 is 2.76 bits per heavy atom. The van der Waals surface area contributed by atoms with E-state index < -0.39 is 10.0 Å². The van der Waals surface area contributed by atoms with Gasteiger partial charge in [0, 0.05) is 5.56 Å². The SMILES string of the molecule is CCc1cc2c(cc1OC)C(N)=NS(=O)(=O)C2. The van der Waals surface area contributed by atoms with E-state index in [0.29, 0.717) is 16.9 Å². The van der Waals surface area contributed by atoms with Crippen molar-refractivity contribution in [3.63, 3.8) is 0 Å². The topological polar surface area (TPSA) is 81.8 Å². The Balaban J connectivity index is 2.65. The highest BCUT2D eigenvalue weighted by molar-refractivity contribution is 7.89. The van der Waals surface area contributed by atoms with Crippen molar-refractivity contribution in [3.05, 3.63) is 28.8 Å². The molecule has 0 atom stereocenters. The molecule has 1 aromatic rings. The molecule has 0 saturated carbocycles. The van der Waals surface area contributed by atoms with Crippen molar-refractivity contribution >= 4 is 15.9 Å². The van der Waals surface area contributed by atoms with E-state index in [2.05, 4.69) is 4.40 Å². The summed E-state index contributed by atoms with van der Waals surface area (Å²) in [4.78, 5) is 0. The van der Waals surface area contributed by atoms with E-state index in [-0.39, 0.29) is 11.6 Å². The van der Waals surface area contributed by atoms with E-state index in [1.165, 1.54) is 0 Å². The monoisotopic (exact) mass is 254 g/mol. The second kappa shape index (κ2) is 4.03. The number of hydrogen-bond donors (Lipinski definition) is 1. The fourth-order valence-corrected chi connectivity index (χ4v) is 3.02. The van der Waals surface area contributed by atoms with Gasteiger partial charge in [0.05, 0.1) is 12.9 Å². The van der Waals surface area contributed by atoms with Gasteiger partial charge in [-0.25, -0.2) is 8.42 Å². The molecule has 1 aliphatic heterocycles.